The van der Waals surface area contributed by atoms with Crippen molar-refractivity contribution in [1.82, 2.24) is 49.1 Å². The van der Waals surface area contributed by atoms with E-state index in [1.807, 2.05) is 12.3 Å². The van der Waals surface area contributed by atoms with Crippen LogP contribution < -0.4 is 10.9 Å². The highest BCUT2D eigenvalue weighted by Crippen LogP contribution is 2.65. The summed E-state index contributed by atoms with van der Waals surface area (Å²) in [7, 11) is 3.23. The minimum atomic E-state index is -4.80. The fraction of sp³-hybridized carbons (Fsp3) is 0.375. The zero-order valence-electron chi connectivity index (χ0n) is 32.2. The van der Waals surface area contributed by atoms with Crippen molar-refractivity contribution in [3.05, 3.63) is 106 Å². The number of pyridine rings is 2. The molecule has 1 aliphatic heterocycles. The Morgan fingerprint density at radius 3 is 2.42 bits per heavy atom. The molecule has 5 aromatic heterocycles. The molecule has 13 nitrogen and oxygen atoms in total. The van der Waals surface area contributed by atoms with Crippen molar-refractivity contribution in [3.8, 4) is 22.4 Å². The Hall–Kier alpha value is -6.27. The smallest absolute Gasteiger partial charge is 0.348 e. The molecule has 19 heteroatoms. The van der Waals surface area contributed by atoms with Crippen LogP contribution in [-0.4, -0.2) is 73.7 Å². The standard InChI is InChI=1S/C40H38F6N10O3/c1-38(2,21-56-30(14-32(50-56)40(44,45)46)24-6-8-33(57)52(3)19-24)49-35(58)31(11-22-16-48-55(18-22)37(42)43)54-10-9-39(36(54)59)15-28(39)27-7-5-23(13-29(27)41)25-12-26-20-53(4)51-34(26)47-17-25/h5-8,12-14,16-20,28,31,37H,9-11,15,21H2,1-4H3,(H,49,58)/t28-,31-,39+/m1/s1. The van der Waals surface area contributed by atoms with Gasteiger partial charge in [-0.3, -0.25) is 23.7 Å². The number of nitrogens with one attached hydrogen (secondary N) is 1. The number of fused-ring (bicyclic) bond motifs is 1. The molecule has 2 amide bonds. The van der Waals surface area contributed by atoms with Gasteiger partial charge in [-0.05, 0) is 67.6 Å². The Balaban J connectivity index is 1.04. The first-order chi connectivity index (χ1) is 27.8. The third-order valence-corrected chi connectivity index (χ3v) is 11.2. The quantitative estimate of drug-likeness (QED) is 0.162. The van der Waals surface area contributed by atoms with Crippen LogP contribution in [0.2, 0.25) is 0 Å². The highest BCUT2D eigenvalue weighted by molar-refractivity contribution is 5.95. The number of nitrogens with zero attached hydrogens (tertiary/aromatic N) is 9. The van der Waals surface area contributed by atoms with Gasteiger partial charge in [0.25, 0.3) is 0 Å². The second kappa shape index (κ2) is 14.2. The molecule has 1 N–H and O–H groups in total. The minimum Gasteiger partial charge on any atom is -0.348 e. The summed E-state index contributed by atoms with van der Waals surface area (Å²) in [6.45, 7) is 0.0182. The second-order valence-electron chi connectivity index (χ2n) is 16.0. The normalized spacial score (nSPS) is 18.7. The van der Waals surface area contributed by atoms with Crippen molar-refractivity contribution in [2.45, 2.75) is 69.9 Å². The van der Waals surface area contributed by atoms with Gasteiger partial charge >= 0.3 is 12.7 Å². The summed E-state index contributed by atoms with van der Waals surface area (Å²) in [6.07, 6.45) is 2.67. The van der Waals surface area contributed by atoms with Gasteiger partial charge in [-0.15, -0.1) is 0 Å². The van der Waals surface area contributed by atoms with Crippen LogP contribution in [0.1, 0.15) is 56.0 Å². The van der Waals surface area contributed by atoms with Gasteiger partial charge in [0, 0.05) is 80.3 Å². The average Bonchev–Trinajstić information content (AvgIpc) is 3.58. The van der Waals surface area contributed by atoms with Crippen molar-refractivity contribution in [1.29, 1.82) is 0 Å². The molecule has 1 saturated heterocycles. The largest absolute Gasteiger partial charge is 0.435 e. The molecular formula is C40H38F6N10O3. The fourth-order valence-corrected chi connectivity index (χ4v) is 8.16. The van der Waals surface area contributed by atoms with E-state index in [2.05, 4.69) is 25.6 Å². The maximum atomic E-state index is 15.9. The Morgan fingerprint density at radius 1 is 0.966 bits per heavy atom. The SMILES string of the molecule is Cn1cc2cc(-c3ccc([C@H]4C[C@@]45CCN([C@H](Cc4cnn(C(F)F)c4)C(=O)NC(C)(C)Cn4nc(C(F)(F)F)cc4-c4ccc(=O)n(C)c4)C5=O)c(F)c3)cnc2n1. The molecule has 6 aromatic rings. The van der Waals surface area contributed by atoms with E-state index in [-0.39, 0.29) is 41.9 Å². The highest BCUT2D eigenvalue weighted by atomic mass is 19.4. The van der Waals surface area contributed by atoms with Crippen molar-refractivity contribution in [2.24, 2.45) is 19.5 Å². The maximum Gasteiger partial charge on any atom is 0.435 e. The maximum absolute atomic E-state index is 15.9. The van der Waals surface area contributed by atoms with Crippen LogP contribution in [0.25, 0.3) is 33.4 Å². The monoisotopic (exact) mass is 820 g/mol. The molecule has 3 atom stereocenters. The number of alkyl halides is 5. The molecule has 6 heterocycles. The third-order valence-electron chi connectivity index (χ3n) is 11.2. The predicted octanol–water partition coefficient (Wildman–Crippen LogP) is 5.86. The van der Waals surface area contributed by atoms with E-state index in [4.69, 9.17) is 0 Å². The molecule has 0 bridgehead atoms. The second-order valence-corrected chi connectivity index (χ2v) is 16.0. The molecule has 2 fully saturated rings. The van der Waals surface area contributed by atoms with E-state index in [0.29, 0.717) is 39.9 Å². The number of hydrogen-bond donors (Lipinski definition) is 1. The Bertz CT molecular complexity index is 2680. The summed E-state index contributed by atoms with van der Waals surface area (Å²) >= 11 is 0. The third kappa shape index (κ3) is 7.49. The number of aryl methyl sites for hydroxylation is 2. The number of carbonyl (C=O) groups is 2. The summed E-state index contributed by atoms with van der Waals surface area (Å²) in [5.74, 6) is -2.06. The van der Waals surface area contributed by atoms with Crippen molar-refractivity contribution >= 4 is 22.8 Å². The Kier molecular flexibility index (Phi) is 9.54. The molecule has 1 saturated carbocycles. The van der Waals surface area contributed by atoms with Gasteiger partial charge in [-0.1, -0.05) is 12.1 Å². The van der Waals surface area contributed by atoms with Gasteiger partial charge < -0.3 is 14.8 Å². The van der Waals surface area contributed by atoms with Crippen molar-refractivity contribution in [2.75, 3.05) is 6.54 Å². The van der Waals surface area contributed by atoms with E-state index < -0.39 is 59.0 Å². The molecule has 1 spiro atoms. The predicted molar refractivity (Wildman–Crippen MR) is 201 cm³/mol. The van der Waals surface area contributed by atoms with Crippen LogP contribution in [0.4, 0.5) is 26.3 Å². The molecule has 59 heavy (non-hydrogen) atoms. The minimum absolute atomic E-state index is 0.0362. The van der Waals surface area contributed by atoms with E-state index in [1.165, 1.54) is 47.1 Å². The molecule has 8 rings (SSSR count). The van der Waals surface area contributed by atoms with Crippen LogP contribution in [0.3, 0.4) is 0 Å². The molecular weight excluding hydrogens is 782 g/mol. The zero-order valence-corrected chi connectivity index (χ0v) is 32.2. The first-order valence-electron chi connectivity index (χ1n) is 18.7. The van der Waals surface area contributed by atoms with Gasteiger partial charge in [0.15, 0.2) is 11.3 Å². The van der Waals surface area contributed by atoms with E-state index in [1.54, 1.807) is 43.9 Å². The number of hydrogen-bond acceptors (Lipinski definition) is 7. The molecule has 308 valence electrons. The molecule has 1 aromatic carbocycles. The lowest BCUT2D eigenvalue weighted by molar-refractivity contribution is -0.141. The lowest BCUT2D eigenvalue weighted by Crippen LogP contribution is -2.56. The van der Waals surface area contributed by atoms with Gasteiger partial charge in [0.1, 0.15) is 11.9 Å². The number of rotatable bonds is 11. The van der Waals surface area contributed by atoms with Gasteiger partial charge in [0.2, 0.25) is 17.4 Å². The highest BCUT2D eigenvalue weighted by Gasteiger charge is 2.66. The number of benzene rings is 1. The van der Waals surface area contributed by atoms with Gasteiger partial charge in [-0.2, -0.15) is 37.2 Å². The number of amides is 2. The van der Waals surface area contributed by atoms with Crippen LogP contribution in [0, 0.1) is 11.2 Å². The van der Waals surface area contributed by atoms with E-state index >= 15 is 4.39 Å². The molecule has 1 aliphatic carbocycles. The topological polar surface area (TPSA) is 138 Å². The van der Waals surface area contributed by atoms with Crippen LogP contribution in [-0.2, 0) is 42.8 Å². The lowest BCUT2D eigenvalue weighted by atomic mass is 9.95. The first kappa shape index (κ1) is 39.6. The number of carbonyl (C=O) groups excluding carboxylic acids is 2. The molecule has 0 unspecified atom stereocenters. The molecule has 0 radical (unpaired) electrons. The van der Waals surface area contributed by atoms with Crippen LogP contribution in [0.15, 0.2) is 78.2 Å². The number of likely N-dealkylation sites (tertiary alicyclic amines) is 1. The number of halogens is 6. The Morgan fingerprint density at radius 2 is 1.73 bits per heavy atom. The summed E-state index contributed by atoms with van der Waals surface area (Å²) in [5.41, 5.74) is -1.11. The summed E-state index contributed by atoms with van der Waals surface area (Å²) in [6, 6.07) is 8.87. The lowest BCUT2D eigenvalue weighted by Gasteiger charge is -2.33. The van der Waals surface area contributed by atoms with Crippen molar-refractivity contribution < 1.29 is 35.9 Å². The summed E-state index contributed by atoms with van der Waals surface area (Å²) in [5, 5.41) is 15.4. The summed E-state index contributed by atoms with van der Waals surface area (Å²) < 4.78 is 88.9. The van der Waals surface area contributed by atoms with Crippen LogP contribution in [0.5, 0.6) is 0 Å². The fourth-order valence-electron chi connectivity index (χ4n) is 8.16. The van der Waals surface area contributed by atoms with Gasteiger partial charge in [0.05, 0.1) is 29.4 Å². The van der Waals surface area contributed by atoms with E-state index in [0.717, 1.165) is 22.3 Å². The van der Waals surface area contributed by atoms with Crippen LogP contribution >= 0.6 is 0 Å². The molecule has 2 aliphatic rings. The zero-order chi connectivity index (χ0) is 42.2. The Labute approximate surface area is 332 Å². The summed E-state index contributed by atoms with van der Waals surface area (Å²) in [4.78, 5) is 46.5. The van der Waals surface area contributed by atoms with Crippen molar-refractivity contribution in [3.63, 3.8) is 0 Å². The average molecular weight is 821 g/mol. The van der Waals surface area contributed by atoms with E-state index in [9.17, 15) is 36.3 Å². The number of aromatic nitrogens is 8. The first-order valence-corrected chi connectivity index (χ1v) is 18.7. The van der Waals surface area contributed by atoms with Gasteiger partial charge in [-0.25, -0.2) is 14.1 Å².